The number of nitrogens with one attached hydrogen (secondary N) is 1. The fraction of sp³-hybridized carbons (Fsp3) is 0.929. The van der Waals surface area contributed by atoms with Gasteiger partial charge < -0.3 is 15.3 Å². The van der Waals surface area contributed by atoms with Gasteiger partial charge in [0.05, 0.1) is 0 Å². The van der Waals surface area contributed by atoms with E-state index in [4.69, 9.17) is 0 Å². The summed E-state index contributed by atoms with van der Waals surface area (Å²) in [5.41, 5.74) is -0.713. The first-order chi connectivity index (χ1) is 8.64. The summed E-state index contributed by atoms with van der Waals surface area (Å²) in [5, 5.41) is 12.7. The Bertz CT molecular complexity index is 252. The molecule has 0 spiro atoms. The fourth-order valence-electron chi connectivity index (χ4n) is 2.70. The molecule has 1 aliphatic heterocycles. The van der Waals surface area contributed by atoms with Gasteiger partial charge in [0, 0.05) is 0 Å². The van der Waals surface area contributed by atoms with Gasteiger partial charge in [0.2, 0.25) is 0 Å². The average Bonchev–Trinajstić information content (AvgIpc) is 2.86. The van der Waals surface area contributed by atoms with Gasteiger partial charge in [-0.1, -0.05) is 13.8 Å². The van der Waals surface area contributed by atoms with Gasteiger partial charge in [0.1, 0.15) is 5.54 Å². The van der Waals surface area contributed by atoms with Gasteiger partial charge in [-0.05, 0) is 64.7 Å². The number of carboxylic acids is 1. The van der Waals surface area contributed by atoms with Gasteiger partial charge in [0.15, 0.2) is 0 Å². The summed E-state index contributed by atoms with van der Waals surface area (Å²) in [6.45, 7) is 8.24. The minimum atomic E-state index is -0.713. The topological polar surface area (TPSA) is 52.6 Å². The molecule has 4 heteroatoms. The van der Waals surface area contributed by atoms with Crippen LogP contribution in [0.25, 0.3) is 0 Å². The number of nitrogens with zero attached hydrogens (tertiary/aromatic N) is 1. The molecule has 0 amide bonds. The molecule has 0 aromatic carbocycles. The number of aliphatic carboxylic acids is 1. The highest BCUT2D eigenvalue weighted by Crippen LogP contribution is 2.19. The molecule has 2 N–H and O–H groups in total. The van der Waals surface area contributed by atoms with E-state index < -0.39 is 11.5 Å². The monoisotopic (exact) mass is 256 g/mol. The smallest absolute Gasteiger partial charge is 0.323 e. The Hall–Kier alpha value is -0.610. The van der Waals surface area contributed by atoms with Crippen molar-refractivity contribution in [2.75, 3.05) is 26.2 Å². The Balaban J connectivity index is 2.41. The number of carbonyl (C=O) groups is 1. The van der Waals surface area contributed by atoms with Crippen LogP contribution in [0.5, 0.6) is 0 Å². The van der Waals surface area contributed by atoms with Crippen molar-refractivity contribution in [3.8, 4) is 0 Å². The number of hydrogen-bond donors (Lipinski definition) is 2. The van der Waals surface area contributed by atoms with Gasteiger partial charge in [-0.25, -0.2) is 0 Å². The zero-order valence-corrected chi connectivity index (χ0v) is 11.9. The van der Waals surface area contributed by atoms with Crippen LogP contribution in [0, 0.1) is 0 Å². The molecule has 0 aromatic heterocycles. The first-order valence-electron chi connectivity index (χ1n) is 7.35. The molecular weight excluding hydrogens is 228 g/mol. The van der Waals surface area contributed by atoms with Crippen molar-refractivity contribution in [3.05, 3.63) is 0 Å². The first-order valence-corrected chi connectivity index (χ1v) is 7.35. The molecule has 1 saturated heterocycles. The summed E-state index contributed by atoms with van der Waals surface area (Å²) in [6, 6.07) is 0. The van der Waals surface area contributed by atoms with E-state index in [2.05, 4.69) is 17.1 Å². The summed E-state index contributed by atoms with van der Waals surface area (Å²) in [6.07, 6.45) is 5.92. The highest BCUT2D eigenvalue weighted by molar-refractivity contribution is 5.78. The molecule has 1 heterocycles. The molecule has 1 aliphatic rings. The second-order valence-corrected chi connectivity index (χ2v) is 5.32. The zero-order chi connectivity index (χ0) is 13.4. The lowest BCUT2D eigenvalue weighted by Gasteiger charge is -2.30. The predicted octanol–water partition coefficient (Wildman–Crippen LogP) is 2.10. The number of carboxylic acid groups (broad SMARTS) is 1. The summed E-state index contributed by atoms with van der Waals surface area (Å²) < 4.78 is 0. The minimum Gasteiger partial charge on any atom is -0.480 e. The number of rotatable bonds is 9. The van der Waals surface area contributed by atoms with E-state index in [-0.39, 0.29) is 0 Å². The van der Waals surface area contributed by atoms with Gasteiger partial charge in [-0.2, -0.15) is 0 Å². The van der Waals surface area contributed by atoms with Gasteiger partial charge in [0.25, 0.3) is 0 Å². The summed E-state index contributed by atoms with van der Waals surface area (Å²) in [7, 11) is 0. The lowest BCUT2D eigenvalue weighted by molar-refractivity contribution is -0.145. The molecule has 1 rings (SSSR count). The van der Waals surface area contributed by atoms with E-state index >= 15 is 0 Å². The van der Waals surface area contributed by atoms with Crippen LogP contribution in [0.4, 0.5) is 0 Å². The molecule has 1 unspecified atom stereocenters. The van der Waals surface area contributed by atoms with Gasteiger partial charge in [-0.15, -0.1) is 0 Å². The number of hydrogen-bond acceptors (Lipinski definition) is 3. The Morgan fingerprint density at radius 1 is 1.33 bits per heavy atom. The van der Waals surface area contributed by atoms with Gasteiger partial charge >= 0.3 is 5.97 Å². The van der Waals surface area contributed by atoms with Crippen LogP contribution in [0.15, 0.2) is 0 Å². The van der Waals surface area contributed by atoms with Crippen LogP contribution >= 0.6 is 0 Å². The second-order valence-electron chi connectivity index (χ2n) is 5.32. The third-order valence-corrected chi connectivity index (χ3v) is 4.00. The van der Waals surface area contributed by atoms with E-state index in [9.17, 15) is 9.90 Å². The van der Waals surface area contributed by atoms with Crippen molar-refractivity contribution in [2.45, 2.75) is 57.9 Å². The first kappa shape index (κ1) is 15.4. The van der Waals surface area contributed by atoms with Crippen molar-refractivity contribution in [1.29, 1.82) is 0 Å². The summed E-state index contributed by atoms with van der Waals surface area (Å²) >= 11 is 0. The maximum absolute atomic E-state index is 11.5. The van der Waals surface area contributed by atoms with Crippen molar-refractivity contribution in [2.24, 2.45) is 0 Å². The molecule has 4 nitrogen and oxygen atoms in total. The highest BCUT2D eigenvalue weighted by Gasteiger charge is 2.35. The molecule has 0 saturated carbocycles. The fourth-order valence-corrected chi connectivity index (χ4v) is 2.70. The van der Waals surface area contributed by atoms with Gasteiger partial charge in [-0.3, -0.25) is 4.79 Å². The summed E-state index contributed by atoms with van der Waals surface area (Å²) in [4.78, 5) is 14.0. The maximum Gasteiger partial charge on any atom is 0.323 e. The van der Waals surface area contributed by atoms with Crippen molar-refractivity contribution in [1.82, 2.24) is 10.2 Å². The lowest BCUT2D eigenvalue weighted by atomic mass is 9.90. The molecule has 18 heavy (non-hydrogen) atoms. The largest absolute Gasteiger partial charge is 0.480 e. The van der Waals surface area contributed by atoms with E-state index in [1.807, 2.05) is 6.92 Å². The average molecular weight is 256 g/mol. The Morgan fingerprint density at radius 2 is 2.00 bits per heavy atom. The Morgan fingerprint density at radius 3 is 2.50 bits per heavy atom. The summed E-state index contributed by atoms with van der Waals surface area (Å²) in [5.74, 6) is -0.695. The predicted molar refractivity (Wildman–Crippen MR) is 73.9 cm³/mol. The molecule has 1 fully saturated rings. The quantitative estimate of drug-likeness (QED) is 0.663. The SMILES string of the molecule is CCCNC(CC)(CCCN1CCCC1)C(=O)O. The zero-order valence-electron chi connectivity index (χ0n) is 11.9. The molecule has 0 aromatic rings. The molecule has 0 aliphatic carbocycles. The third kappa shape index (κ3) is 4.25. The van der Waals surface area contributed by atoms with Crippen LogP contribution in [-0.2, 0) is 4.79 Å². The lowest BCUT2D eigenvalue weighted by Crippen LogP contribution is -2.52. The maximum atomic E-state index is 11.5. The number of likely N-dealkylation sites (tertiary alicyclic amines) is 1. The van der Waals surface area contributed by atoms with E-state index in [0.717, 1.165) is 32.4 Å². The molecular formula is C14H28N2O2. The normalized spacial score (nSPS) is 19.9. The van der Waals surface area contributed by atoms with Crippen molar-refractivity contribution < 1.29 is 9.90 Å². The van der Waals surface area contributed by atoms with Crippen LogP contribution < -0.4 is 5.32 Å². The van der Waals surface area contributed by atoms with Crippen molar-refractivity contribution in [3.63, 3.8) is 0 Å². The third-order valence-electron chi connectivity index (χ3n) is 4.00. The molecule has 1 atom stereocenters. The minimum absolute atomic E-state index is 0.655. The highest BCUT2D eigenvalue weighted by atomic mass is 16.4. The van der Waals surface area contributed by atoms with Crippen LogP contribution in [0.3, 0.4) is 0 Å². The standard InChI is InChI=1S/C14H28N2O2/c1-3-9-15-14(4-2,13(17)18)8-7-12-16-10-5-6-11-16/h15H,3-12H2,1-2H3,(H,17,18). The van der Waals surface area contributed by atoms with E-state index in [1.54, 1.807) is 0 Å². The molecule has 0 radical (unpaired) electrons. The molecule has 0 bridgehead atoms. The van der Waals surface area contributed by atoms with Crippen LogP contribution in [0.2, 0.25) is 0 Å². The second kappa shape index (κ2) is 7.74. The molecule has 106 valence electrons. The van der Waals surface area contributed by atoms with E-state index in [1.165, 1.54) is 25.9 Å². The van der Waals surface area contributed by atoms with Crippen LogP contribution in [0.1, 0.15) is 52.4 Å². The van der Waals surface area contributed by atoms with E-state index in [0.29, 0.717) is 6.42 Å². The van der Waals surface area contributed by atoms with Crippen LogP contribution in [-0.4, -0.2) is 47.7 Å². The van der Waals surface area contributed by atoms with Crippen molar-refractivity contribution >= 4 is 5.97 Å². The Labute approximate surface area is 111 Å². The Kier molecular flexibility index (Phi) is 6.65.